The first-order chi connectivity index (χ1) is 4.88. The van der Waals surface area contributed by atoms with Crippen molar-refractivity contribution in [2.24, 2.45) is 0 Å². The lowest BCUT2D eigenvalue weighted by molar-refractivity contribution is 1.05. The van der Waals surface area contributed by atoms with Gasteiger partial charge in [0.2, 0.25) is 0 Å². The number of rotatable bonds is 0. The van der Waals surface area contributed by atoms with Gasteiger partial charge in [-0.1, -0.05) is 0 Å². The third-order valence-corrected chi connectivity index (χ3v) is 1.33. The Hall–Kier alpha value is -1.58. The zero-order chi connectivity index (χ0) is 6.97. The zero-order valence-corrected chi connectivity index (χ0v) is 5.11. The molecule has 0 saturated heterocycles. The normalized spacial score (nSPS) is 10.4. The third kappa shape index (κ3) is 0.556. The highest BCUT2D eigenvalue weighted by molar-refractivity contribution is 5.33. The monoisotopic (exact) mass is 135 g/mol. The minimum atomic E-state index is -0.0637. The predicted octanol–water partition coefficient (Wildman–Crippen LogP) is 0.0226. The van der Waals surface area contributed by atoms with E-state index in [0.29, 0.717) is 5.65 Å². The lowest BCUT2D eigenvalue weighted by Gasteiger charge is -1.87. The summed E-state index contributed by atoms with van der Waals surface area (Å²) in [5, 5.41) is 0. The summed E-state index contributed by atoms with van der Waals surface area (Å²) >= 11 is 0. The van der Waals surface area contributed by atoms with Gasteiger partial charge in [0.15, 0.2) is 0 Å². The fourth-order valence-corrected chi connectivity index (χ4v) is 0.856. The topological polar surface area (TPSA) is 50.2 Å². The van der Waals surface area contributed by atoms with E-state index in [0.717, 1.165) is 0 Å². The van der Waals surface area contributed by atoms with Crippen LogP contribution in [-0.4, -0.2) is 14.4 Å². The predicted molar refractivity (Wildman–Crippen MR) is 35.8 cm³/mol. The Labute approximate surface area is 56.2 Å². The number of H-pyrrole nitrogens is 1. The number of nitrogens with zero attached hydrogens (tertiary/aromatic N) is 2. The Kier molecular flexibility index (Phi) is 0.887. The van der Waals surface area contributed by atoms with E-state index in [4.69, 9.17) is 0 Å². The summed E-state index contributed by atoms with van der Waals surface area (Å²) in [6.07, 6.45) is 4.68. The van der Waals surface area contributed by atoms with E-state index in [9.17, 15) is 4.79 Å². The lowest BCUT2D eigenvalue weighted by Crippen LogP contribution is -2.09. The van der Waals surface area contributed by atoms with E-state index < -0.39 is 0 Å². The van der Waals surface area contributed by atoms with Gasteiger partial charge in [-0.25, -0.2) is 4.98 Å². The Morgan fingerprint density at radius 2 is 2.50 bits per heavy atom. The second kappa shape index (κ2) is 1.70. The van der Waals surface area contributed by atoms with Crippen molar-refractivity contribution in [2.45, 2.75) is 0 Å². The Morgan fingerprint density at radius 3 is 3.30 bits per heavy atom. The van der Waals surface area contributed by atoms with E-state index in [1.165, 1.54) is 16.8 Å². The quantitative estimate of drug-likeness (QED) is 0.553. The highest BCUT2D eigenvalue weighted by Crippen LogP contribution is 1.89. The minimum absolute atomic E-state index is 0.0637. The van der Waals surface area contributed by atoms with Crippen LogP contribution in [-0.2, 0) is 0 Å². The van der Waals surface area contributed by atoms with Gasteiger partial charge in [-0.05, 0) is 0 Å². The minimum Gasteiger partial charge on any atom is -0.346 e. The summed E-state index contributed by atoms with van der Waals surface area (Å²) in [4.78, 5) is 17.6. The molecule has 2 aromatic heterocycles. The molecule has 0 saturated carbocycles. The van der Waals surface area contributed by atoms with Crippen LogP contribution < -0.4 is 5.56 Å². The number of hydrogen-bond donors (Lipinski definition) is 1. The molecular weight excluding hydrogens is 130 g/mol. The van der Waals surface area contributed by atoms with Crippen molar-refractivity contribution in [1.82, 2.24) is 14.4 Å². The SMILES string of the molecule is O=c1cc[nH]c2cncn12. The molecule has 0 spiro atoms. The molecular formula is C6H5N3O. The van der Waals surface area contributed by atoms with Crippen LogP contribution in [0.4, 0.5) is 0 Å². The lowest BCUT2D eigenvalue weighted by atomic mass is 10.6. The van der Waals surface area contributed by atoms with Crippen molar-refractivity contribution in [1.29, 1.82) is 0 Å². The molecule has 0 aliphatic rings. The van der Waals surface area contributed by atoms with Gasteiger partial charge < -0.3 is 4.98 Å². The summed E-state index contributed by atoms with van der Waals surface area (Å²) in [6, 6.07) is 1.45. The van der Waals surface area contributed by atoms with Crippen LogP contribution >= 0.6 is 0 Å². The van der Waals surface area contributed by atoms with Crippen LogP contribution in [0.2, 0.25) is 0 Å². The maximum Gasteiger partial charge on any atom is 0.258 e. The van der Waals surface area contributed by atoms with Crippen LogP contribution in [0.5, 0.6) is 0 Å². The maximum absolute atomic E-state index is 10.9. The van der Waals surface area contributed by atoms with E-state index in [2.05, 4.69) is 9.97 Å². The highest BCUT2D eigenvalue weighted by Gasteiger charge is 1.92. The molecule has 0 aliphatic heterocycles. The number of aromatic nitrogens is 3. The van der Waals surface area contributed by atoms with Crippen molar-refractivity contribution in [3.63, 3.8) is 0 Å². The summed E-state index contributed by atoms with van der Waals surface area (Å²) in [6.45, 7) is 0. The molecule has 2 aromatic rings. The molecule has 2 heterocycles. The van der Waals surface area contributed by atoms with Crippen molar-refractivity contribution >= 4 is 5.65 Å². The molecule has 0 fully saturated rings. The summed E-state index contributed by atoms with van der Waals surface area (Å²) in [5.41, 5.74) is 0.652. The molecule has 0 amide bonds. The first-order valence-corrected chi connectivity index (χ1v) is 2.88. The van der Waals surface area contributed by atoms with Crippen LogP contribution in [0, 0.1) is 0 Å². The average Bonchev–Trinajstić information content (AvgIpc) is 2.36. The molecule has 0 atom stereocenters. The molecule has 0 aliphatic carbocycles. The summed E-state index contributed by atoms with van der Waals surface area (Å²) in [5.74, 6) is 0. The van der Waals surface area contributed by atoms with E-state index >= 15 is 0 Å². The Bertz CT molecular complexity index is 400. The van der Waals surface area contributed by atoms with Gasteiger partial charge in [-0.15, -0.1) is 0 Å². The van der Waals surface area contributed by atoms with Crippen molar-refractivity contribution in [3.8, 4) is 0 Å². The van der Waals surface area contributed by atoms with Gasteiger partial charge in [-0.3, -0.25) is 9.20 Å². The summed E-state index contributed by atoms with van der Waals surface area (Å²) < 4.78 is 1.44. The van der Waals surface area contributed by atoms with Gasteiger partial charge in [-0.2, -0.15) is 0 Å². The van der Waals surface area contributed by atoms with E-state index in [1.54, 1.807) is 12.4 Å². The molecule has 0 unspecified atom stereocenters. The molecule has 10 heavy (non-hydrogen) atoms. The van der Waals surface area contributed by atoms with Gasteiger partial charge in [0.25, 0.3) is 5.56 Å². The molecule has 2 rings (SSSR count). The number of fused-ring (bicyclic) bond motifs is 1. The third-order valence-electron chi connectivity index (χ3n) is 1.33. The van der Waals surface area contributed by atoms with Crippen molar-refractivity contribution in [2.75, 3.05) is 0 Å². The van der Waals surface area contributed by atoms with Crippen LogP contribution in [0.3, 0.4) is 0 Å². The Balaban J connectivity index is 3.09. The van der Waals surface area contributed by atoms with Crippen molar-refractivity contribution < 1.29 is 0 Å². The second-order valence-electron chi connectivity index (χ2n) is 1.96. The first-order valence-electron chi connectivity index (χ1n) is 2.88. The number of hydrogen-bond acceptors (Lipinski definition) is 2. The summed E-state index contributed by atoms with van der Waals surface area (Å²) in [7, 11) is 0. The van der Waals surface area contributed by atoms with E-state index in [1.807, 2.05) is 0 Å². The van der Waals surface area contributed by atoms with Gasteiger partial charge in [0.05, 0.1) is 6.20 Å². The zero-order valence-electron chi connectivity index (χ0n) is 5.11. The fourth-order valence-electron chi connectivity index (χ4n) is 0.856. The Morgan fingerprint density at radius 1 is 1.60 bits per heavy atom. The van der Waals surface area contributed by atoms with Gasteiger partial charge in [0.1, 0.15) is 12.0 Å². The molecule has 4 nitrogen and oxygen atoms in total. The van der Waals surface area contributed by atoms with Crippen molar-refractivity contribution in [3.05, 3.63) is 35.1 Å². The molecule has 50 valence electrons. The van der Waals surface area contributed by atoms with Crippen LogP contribution in [0.1, 0.15) is 0 Å². The standard InChI is InChI=1S/C6H5N3O/c10-6-1-2-8-5-3-7-4-9(5)6/h1-4,8H. The second-order valence-corrected chi connectivity index (χ2v) is 1.96. The molecule has 0 bridgehead atoms. The van der Waals surface area contributed by atoms with Crippen LogP contribution in [0.25, 0.3) is 5.65 Å². The fraction of sp³-hybridized carbons (Fsp3) is 0. The molecule has 4 heteroatoms. The highest BCUT2D eigenvalue weighted by atomic mass is 16.1. The number of aromatic amines is 1. The van der Waals surface area contributed by atoms with Gasteiger partial charge in [0, 0.05) is 12.3 Å². The number of imidazole rings is 1. The maximum atomic E-state index is 10.9. The average molecular weight is 135 g/mol. The largest absolute Gasteiger partial charge is 0.346 e. The molecule has 0 aromatic carbocycles. The first kappa shape index (κ1) is 5.22. The van der Waals surface area contributed by atoms with E-state index in [-0.39, 0.29) is 5.56 Å². The molecule has 1 N–H and O–H groups in total. The smallest absolute Gasteiger partial charge is 0.258 e. The van der Waals surface area contributed by atoms with Gasteiger partial charge >= 0.3 is 0 Å². The van der Waals surface area contributed by atoms with Crippen LogP contribution in [0.15, 0.2) is 29.6 Å². The molecule has 0 radical (unpaired) electrons. The number of nitrogens with one attached hydrogen (secondary N) is 1.